The topological polar surface area (TPSA) is 38.0 Å². The van der Waals surface area contributed by atoms with Crippen molar-refractivity contribution in [3.05, 3.63) is 57.5 Å². The lowest BCUT2D eigenvalue weighted by Crippen LogP contribution is -2.28. The lowest BCUT2D eigenvalue weighted by molar-refractivity contribution is 0.618. The summed E-state index contributed by atoms with van der Waals surface area (Å²) in [6.07, 6.45) is 0. The molecule has 84 valence electrons. The number of nitrogens with two attached hydrogens (primary N) is 1. The lowest BCUT2D eigenvalue weighted by Gasteiger charge is -2.14. The van der Waals surface area contributed by atoms with Gasteiger partial charge in [-0.15, -0.1) is 11.3 Å². The highest BCUT2D eigenvalue weighted by Crippen LogP contribution is 2.27. The summed E-state index contributed by atoms with van der Waals surface area (Å²) in [5, 5.41) is 0. The summed E-state index contributed by atoms with van der Waals surface area (Å²) in [4.78, 5) is 2.36. The van der Waals surface area contributed by atoms with Gasteiger partial charge in [0, 0.05) is 9.75 Å². The standard InChI is InChI=1S/C12H13FN2S/c1-8-2-7-11(16-8)12(15-14)9-3-5-10(13)6-4-9/h2-7,12,15H,14H2,1H3. The molecule has 0 fully saturated rings. The zero-order valence-corrected chi connectivity index (χ0v) is 9.72. The molecule has 16 heavy (non-hydrogen) atoms. The van der Waals surface area contributed by atoms with Crippen LogP contribution in [0.2, 0.25) is 0 Å². The summed E-state index contributed by atoms with van der Waals surface area (Å²) < 4.78 is 12.8. The van der Waals surface area contributed by atoms with Gasteiger partial charge in [0.25, 0.3) is 0 Å². The molecule has 1 heterocycles. The molecule has 1 atom stereocenters. The second-order valence-electron chi connectivity index (χ2n) is 3.60. The maximum atomic E-state index is 12.8. The molecule has 0 aliphatic carbocycles. The van der Waals surface area contributed by atoms with Gasteiger partial charge in [0.1, 0.15) is 5.82 Å². The number of nitrogens with one attached hydrogen (secondary N) is 1. The number of thiophene rings is 1. The summed E-state index contributed by atoms with van der Waals surface area (Å²) in [6.45, 7) is 2.05. The second-order valence-corrected chi connectivity index (χ2v) is 4.92. The summed E-state index contributed by atoms with van der Waals surface area (Å²) in [6, 6.07) is 10.4. The van der Waals surface area contributed by atoms with Crippen molar-refractivity contribution < 1.29 is 4.39 Å². The van der Waals surface area contributed by atoms with Crippen molar-refractivity contribution in [1.82, 2.24) is 5.43 Å². The molecule has 0 saturated heterocycles. The number of hydrogen-bond donors (Lipinski definition) is 2. The van der Waals surface area contributed by atoms with E-state index in [2.05, 4.69) is 5.43 Å². The second kappa shape index (κ2) is 4.74. The Bertz CT molecular complexity index is 464. The number of benzene rings is 1. The average Bonchev–Trinajstić information content (AvgIpc) is 2.69. The number of hydrazine groups is 1. The van der Waals surface area contributed by atoms with Crippen LogP contribution in [0.4, 0.5) is 4.39 Å². The van der Waals surface area contributed by atoms with Crippen LogP contribution in [0.25, 0.3) is 0 Å². The van der Waals surface area contributed by atoms with Crippen LogP contribution >= 0.6 is 11.3 Å². The van der Waals surface area contributed by atoms with Gasteiger partial charge in [-0.1, -0.05) is 12.1 Å². The number of aryl methyl sites for hydroxylation is 1. The molecular weight excluding hydrogens is 223 g/mol. The Morgan fingerprint density at radius 1 is 1.19 bits per heavy atom. The monoisotopic (exact) mass is 236 g/mol. The molecule has 0 bridgehead atoms. The van der Waals surface area contributed by atoms with Crippen LogP contribution in [0.3, 0.4) is 0 Å². The van der Waals surface area contributed by atoms with Gasteiger partial charge >= 0.3 is 0 Å². The van der Waals surface area contributed by atoms with Crippen molar-refractivity contribution in [2.24, 2.45) is 5.84 Å². The highest BCUT2D eigenvalue weighted by Gasteiger charge is 2.13. The van der Waals surface area contributed by atoms with Gasteiger partial charge in [0.2, 0.25) is 0 Å². The lowest BCUT2D eigenvalue weighted by atomic mass is 10.1. The summed E-state index contributed by atoms with van der Waals surface area (Å²) in [5.41, 5.74) is 3.72. The third-order valence-corrected chi connectivity index (χ3v) is 3.48. The molecule has 4 heteroatoms. The molecule has 1 aromatic carbocycles. The van der Waals surface area contributed by atoms with Gasteiger partial charge in [0.05, 0.1) is 6.04 Å². The van der Waals surface area contributed by atoms with Crippen molar-refractivity contribution in [3.8, 4) is 0 Å². The van der Waals surface area contributed by atoms with Crippen LogP contribution in [0.1, 0.15) is 21.4 Å². The van der Waals surface area contributed by atoms with E-state index in [4.69, 9.17) is 5.84 Å². The van der Waals surface area contributed by atoms with Crippen LogP contribution in [0.5, 0.6) is 0 Å². The van der Waals surface area contributed by atoms with Gasteiger partial charge in [-0.2, -0.15) is 0 Å². The van der Waals surface area contributed by atoms with Crippen LogP contribution in [0, 0.1) is 12.7 Å². The van der Waals surface area contributed by atoms with E-state index < -0.39 is 0 Å². The molecule has 1 aromatic heterocycles. The molecule has 0 amide bonds. The van der Waals surface area contributed by atoms with E-state index in [-0.39, 0.29) is 11.9 Å². The minimum atomic E-state index is -0.234. The maximum absolute atomic E-state index is 12.8. The first-order valence-corrected chi connectivity index (χ1v) is 5.80. The van der Waals surface area contributed by atoms with E-state index >= 15 is 0 Å². The molecule has 0 aliphatic heterocycles. The summed E-state index contributed by atoms with van der Waals surface area (Å²) >= 11 is 1.68. The SMILES string of the molecule is Cc1ccc(C(NN)c2ccc(F)cc2)s1. The largest absolute Gasteiger partial charge is 0.271 e. The van der Waals surface area contributed by atoms with Gasteiger partial charge in [0.15, 0.2) is 0 Å². The zero-order chi connectivity index (χ0) is 11.5. The third kappa shape index (κ3) is 2.29. The number of halogens is 1. The molecule has 0 aliphatic rings. The van der Waals surface area contributed by atoms with Gasteiger partial charge in [-0.25, -0.2) is 9.82 Å². The first kappa shape index (κ1) is 11.3. The first-order valence-electron chi connectivity index (χ1n) is 4.98. The van der Waals surface area contributed by atoms with E-state index in [1.807, 2.05) is 19.1 Å². The highest BCUT2D eigenvalue weighted by atomic mass is 32.1. The fourth-order valence-corrected chi connectivity index (χ4v) is 2.57. The molecule has 3 N–H and O–H groups in total. The Kier molecular flexibility index (Phi) is 3.33. The normalized spacial score (nSPS) is 12.7. The van der Waals surface area contributed by atoms with Crippen LogP contribution in [-0.4, -0.2) is 0 Å². The zero-order valence-electron chi connectivity index (χ0n) is 8.91. The highest BCUT2D eigenvalue weighted by molar-refractivity contribution is 7.12. The molecule has 1 unspecified atom stereocenters. The predicted octanol–water partition coefficient (Wildman–Crippen LogP) is 2.75. The van der Waals surface area contributed by atoms with E-state index in [1.165, 1.54) is 17.0 Å². The summed E-state index contributed by atoms with van der Waals surface area (Å²) in [7, 11) is 0. The number of rotatable bonds is 3. The molecular formula is C12H13FN2S. The van der Waals surface area contributed by atoms with Gasteiger partial charge < -0.3 is 0 Å². The Labute approximate surface area is 97.9 Å². The smallest absolute Gasteiger partial charge is 0.123 e. The Morgan fingerprint density at radius 2 is 1.88 bits per heavy atom. The van der Waals surface area contributed by atoms with E-state index in [0.717, 1.165) is 10.4 Å². The van der Waals surface area contributed by atoms with Crippen LogP contribution in [0.15, 0.2) is 36.4 Å². The van der Waals surface area contributed by atoms with Crippen molar-refractivity contribution in [2.45, 2.75) is 13.0 Å². The van der Waals surface area contributed by atoms with Crippen LogP contribution < -0.4 is 11.3 Å². The van der Waals surface area contributed by atoms with Crippen molar-refractivity contribution >= 4 is 11.3 Å². The minimum Gasteiger partial charge on any atom is -0.271 e. The maximum Gasteiger partial charge on any atom is 0.123 e. The summed E-state index contributed by atoms with van der Waals surface area (Å²) in [5.74, 6) is 5.31. The Morgan fingerprint density at radius 3 is 2.38 bits per heavy atom. The fourth-order valence-electron chi connectivity index (χ4n) is 1.61. The van der Waals surface area contributed by atoms with Crippen molar-refractivity contribution in [1.29, 1.82) is 0 Å². The molecule has 0 radical (unpaired) electrons. The van der Waals surface area contributed by atoms with E-state index in [9.17, 15) is 4.39 Å². The predicted molar refractivity (Wildman–Crippen MR) is 64.6 cm³/mol. The van der Waals surface area contributed by atoms with E-state index in [1.54, 1.807) is 23.5 Å². The molecule has 2 rings (SSSR count). The van der Waals surface area contributed by atoms with Crippen LogP contribution in [-0.2, 0) is 0 Å². The number of hydrogen-bond acceptors (Lipinski definition) is 3. The van der Waals surface area contributed by atoms with Gasteiger partial charge in [-0.05, 0) is 36.8 Å². The van der Waals surface area contributed by atoms with E-state index in [0.29, 0.717) is 0 Å². The van der Waals surface area contributed by atoms with Crippen molar-refractivity contribution in [3.63, 3.8) is 0 Å². The Hall–Kier alpha value is -1.23. The fraction of sp³-hybridized carbons (Fsp3) is 0.167. The van der Waals surface area contributed by atoms with Crippen molar-refractivity contribution in [2.75, 3.05) is 0 Å². The molecule has 2 aromatic rings. The van der Waals surface area contributed by atoms with Gasteiger partial charge in [-0.3, -0.25) is 5.84 Å². The molecule has 0 spiro atoms. The molecule has 0 saturated carbocycles. The first-order chi connectivity index (χ1) is 7.70. The third-order valence-electron chi connectivity index (χ3n) is 2.42. The minimum absolute atomic E-state index is 0.0701. The average molecular weight is 236 g/mol. The quantitative estimate of drug-likeness (QED) is 0.635. The molecule has 2 nitrogen and oxygen atoms in total. The Balaban J connectivity index is 2.32.